The average molecular weight is 434 g/mol. The van der Waals surface area contributed by atoms with Gasteiger partial charge in [-0.15, -0.1) is 0 Å². The van der Waals surface area contributed by atoms with Gasteiger partial charge in [0.2, 0.25) is 5.88 Å². The van der Waals surface area contributed by atoms with Crippen LogP contribution in [0, 0.1) is 11.6 Å². The molecule has 0 saturated heterocycles. The highest BCUT2D eigenvalue weighted by molar-refractivity contribution is 6.11. The summed E-state index contributed by atoms with van der Waals surface area (Å²) in [6.07, 6.45) is 1.45. The third-order valence-corrected chi connectivity index (χ3v) is 4.56. The van der Waals surface area contributed by atoms with E-state index in [0.29, 0.717) is 16.7 Å². The van der Waals surface area contributed by atoms with Gasteiger partial charge in [0.1, 0.15) is 11.6 Å². The fourth-order valence-electron chi connectivity index (χ4n) is 2.99. The van der Waals surface area contributed by atoms with E-state index in [1.54, 1.807) is 6.07 Å². The number of urea groups is 1. The summed E-state index contributed by atoms with van der Waals surface area (Å²) in [5.41, 5.74) is 1.53. The first kappa shape index (κ1) is 20.9. The molecule has 0 aliphatic carbocycles. The molecule has 0 spiro atoms. The number of aromatic nitrogens is 2. The summed E-state index contributed by atoms with van der Waals surface area (Å²) in [6.45, 7) is 0. The summed E-state index contributed by atoms with van der Waals surface area (Å²) in [5.74, 6) is -1.48. The summed E-state index contributed by atoms with van der Waals surface area (Å²) in [6, 6.07) is 12.8. The van der Waals surface area contributed by atoms with Crippen LogP contribution in [0.2, 0.25) is 0 Å². The predicted octanol–water partition coefficient (Wildman–Crippen LogP) is 4.79. The highest BCUT2D eigenvalue weighted by Gasteiger charge is 2.17. The van der Waals surface area contributed by atoms with Gasteiger partial charge in [-0.25, -0.2) is 23.5 Å². The smallest absolute Gasteiger partial charge is 0.323 e. The number of methoxy groups -OCH3 is 1. The van der Waals surface area contributed by atoms with Crippen LogP contribution in [0.5, 0.6) is 5.88 Å². The first-order valence-corrected chi connectivity index (χ1v) is 9.41. The summed E-state index contributed by atoms with van der Waals surface area (Å²) >= 11 is 0. The van der Waals surface area contributed by atoms with Gasteiger partial charge in [0.05, 0.1) is 29.9 Å². The fraction of sp³-hybridized carbons (Fsp3) is 0.0435. The Balaban J connectivity index is 1.56. The Morgan fingerprint density at radius 2 is 1.59 bits per heavy atom. The van der Waals surface area contributed by atoms with E-state index >= 15 is 0 Å². The molecule has 9 heteroatoms. The molecule has 0 aliphatic heterocycles. The molecule has 32 heavy (non-hydrogen) atoms. The van der Waals surface area contributed by atoms with E-state index in [9.17, 15) is 18.4 Å². The zero-order valence-corrected chi connectivity index (χ0v) is 16.7. The zero-order chi connectivity index (χ0) is 22.7. The van der Waals surface area contributed by atoms with E-state index in [4.69, 9.17) is 4.74 Å². The molecule has 0 atom stereocenters. The number of ether oxygens (including phenoxy) is 1. The minimum Gasteiger partial charge on any atom is -0.480 e. The van der Waals surface area contributed by atoms with Crippen LogP contribution < -0.4 is 15.4 Å². The lowest BCUT2D eigenvalue weighted by molar-refractivity contribution is 0.103. The normalized spacial score (nSPS) is 10.6. The van der Waals surface area contributed by atoms with E-state index in [2.05, 4.69) is 20.6 Å². The van der Waals surface area contributed by atoms with Crippen molar-refractivity contribution in [1.29, 1.82) is 0 Å². The molecule has 2 N–H and O–H groups in total. The molecule has 4 aromatic rings. The average Bonchev–Trinajstić information content (AvgIpc) is 2.80. The topological polar surface area (TPSA) is 93.2 Å². The molecular weight excluding hydrogens is 418 g/mol. The quantitative estimate of drug-likeness (QED) is 0.441. The second kappa shape index (κ2) is 8.76. The van der Waals surface area contributed by atoms with Crippen molar-refractivity contribution in [2.24, 2.45) is 0 Å². The Kier molecular flexibility index (Phi) is 5.71. The van der Waals surface area contributed by atoms with Crippen molar-refractivity contribution in [2.45, 2.75) is 0 Å². The Hall–Kier alpha value is -4.40. The first-order chi connectivity index (χ1) is 15.4. The highest BCUT2D eigenvalue weighted by atomic mass is 19.1. The number of anilines is 2. The van der Waals surface area contributed by atoms with Crippen molar-refractivity contribution in [3.05, 3.63) is 89.6 Å². The number of benzene rings is 3. The van der Waals surface area contributed by atoms with Crippen LogP contribution in [-0.4, -0.2) is 28.9 Å². The van der Waals surface area contributed by atoms with E-state index in [0.717, 1.165) is 6.07 Å². The number of nitrogens with zero attached hydrogens (tertiary/aromatic N) is 2. The van der Waals surface area contributed by atoms with Crippen LogP contribution in [0.1, 0.15) is 15.9 Å². The van der Waals surface area contributed by atoms with Crippen molar-refractivity contribution < 1.29 is 23.1 Å². The molecule has 2 amide bonds. The number of nitrogens with one attached hydrogen (secondary N) is 2. The molecule has 160 valence electrons. The molecule has 3 aromatic carbocycles. The van der Waals surface area contributed by atoms with Gasteiger partial charge in [0.25, 0.3) is 0 Å². The Bertz CT molecular complexity index is 1330. The number of halogens is 2. The molecule has 1 heterocycles. The third kappa shape index (κ3) is 4.51. The van der Waals surface area contributed by atoms with Crippen molar-refractivity contribution >= 4 is 34.2 Å². The number of fused-ring (bicyclic) bond motifs is 1. The first-order valence-electron chi connectivity index (χ1n) is 9.41. The molecule has 0 aliphatic rings. The van der Waals surface area contributed by atoms with Crippen LogP contribution in [-0.2, 0) is 0 Å². The van der Waals surface area contributed by atoms with Crippen LogP contribution in [0.25, 0.3) is 11.0 Å². The van der Waals surface area contributed by atoms with Gasteiger partial charge in [-0.05, 0) is 60.7 Å². The predicted molar refractivity (Wildman–Crippen MR) is 115 cm³/mol. The third-order valence-electron chi connectivity index (χ3n) is 4.56. The number of amides is 2. The molecule has 4 rings (SSSR count). The van der Waals surface area contributed by atoms with E-state index < -0.39 is 23.4 Å². The van der Waals surface area contributed by atoms with Crippen LogP contribution >= 0.6 is 0 Å². The minimum atomic E-state index is -0.740. The molecule has 0 fully saturated rings. The van der Waals surface area contributed by atoms with Crippen LogP contribution in [0.15, 0.2) is 66.9 Å². The van der Waals surface area contributed by atoms with Crippen molar-refractivity contribution in [3.63, 3.8) is 0 Å². The number of carbonyl (C=O) groups is 2. The number of rotatable bonds is 5. The standard InChI is InChI=1S/C23H16F2N4O3/c1-32-21-12-26-19-9-2-13(10-20(19)29-21)22(30)17-11-16(7-8-18(17)25)28-23(31)27-15-5-3-14(24)4-6-15/h2-12H,1H3,(H2,27,28,31). The molecule has 0 bridgehead atoms. The number of carbonyl (C=O) groups excluding carboxylic acids is 2. The monoisotopic (exact) mass is 434 g/mol. The van der Waals surface area contributed by atoms with Crippen LogP contribution in [0.4, 0.5) is 25.0 Å². The number of hydrogen-bond donors (Lipinski definition) is 2. The second-order valence-electron chi connectivity index (χ2n) is 6.73. The Labute approximate surface area is 181 Å². The van der Waals surface area contributed by atoms with Gasteiger partial charge in [-0.1, -0.05) is 0 Å². The van der Waals surface area contributed by atoms with Gasteiger partial charge in [-0.3, -0.25) is 4.79 Å². The summed E-state index contributed by atoms with van der Waals surface area (Å²) in [7, 11) is 1.45. The number of ketones is 1. The minimum absolute atomic E-state index is 0.201. The fourth-order valence-corrected chi connectivity index (χ4v) is 2.99. The lowest BCUT2D eigenvalue weighted by atomic mass is 10.0. The van der Waals surface area contributed by atoms with Crippen molar-refractivity contribution in [3.8, 4) is 5.88 Å². The molecule has 1 aromatic heterocycles. The summed E-state index contributed by atoms with van der Waals surface area (Å²) < 4.78 is 32.5. The second-order valence-corrected chi connectivity index (χ2v) is 6.73. The van der Waals surface area contributed by atoms with E-state index in [1.807, 2.05) is 0 Å². The molecule has 7 nitrogen and oxygen atoms in total. The molecular formula is C23H16F2N4O3. The molecule has 0 saturated carbocycles. The van der Waals surface area contributed by atoms with Gasteiger partial charge in [0.15, 0.2) is 5.78 Å². The molecule has 0 radical (unpaired) electrons. The maximum atomic E-state index is 14.4. The number of hydrogen-bond acceptors (Lipinski definition) is 5. The summed E-state index contributed by atoms with van der Waals surface area (Å²) in [5, 5.41) is 5.04. The van der Waals surface area contributed by atoms with E-state index in [1.165, 1.54) is 61.8 Å². The maximum Gasteiger partial charge on any atom is 0.323 e. The maximum absolute atomic E-state index is 14.4. The lowest BCUT2D eigenvalue weighted by Crippen LogP contribution is -2.19. The summed E-state index contributed by atoms with van der Waals surface area (Å²) in [4.78, 5) is 33.5. The zero-order valence-electron chi connectivity index (χ0n) is 16.7. The van der Waals surface area contributed by atoms with Gasteiger partial charge >= 0.3 is 6.03 Å². The van der Waals surface area contributed by atoms with Crippen molar-refractivity contribution in [1.82, 2.24) is 9.97 Å². The van der Waals surface area contributed by atoms with Gasteiger partial charge < -0.3 is 15.4 Å². The Morgan fingerprint density at radius 3 is 2.34 bits per heavy atom. The molecule has 0 unspecified atom stereocenters. The van der Waals surface area contributed by atoms with Crippen LogP contribution in [0.3, 0.4) is 0 Å². The SMILES string of the molecule is COc1cnc2ccc(C(=O)c3cc(NC(=O)Nc4ccc(F)cc4)ccc3F)cc2n1. The lowest BCUT2D eigenvalue weighted by Gasteiger charge is -2.10. The van der Waals surface area contributed by atoms with E-state index in [-0.39, 0.29) is 22.7 Å². The largest absolute Gasteiger partial charge is 0.480 e. The van der Waals surface area contributed by atoms with Gasteiger partial charge in [0, 0.05) is 16.9 Å². The Morgan fingerprint density at radius 1 is 0.875 bits per heavy atom. The highest BCUT2D eigenvalue weighted by Crippen LogP contribution is 2.22. The van der Waals surface area contributed by atoms with Crippen molar-refractivity contribution in [2.75, 3.05) is 17.7 Å². The van der Waals surface area contributed by atoms with Gasteiger partial charge in [-0.2, -0.15) is 0 Å².